The van der Waals surface area contributed by atoms with Crippen molar-refractivity contribution in [1.29, 1.82) is 0 Å². The second kappa shape index (κ2) is 6.75. The Balaban J connectivity index is 2.54. The maximum absolute atomic E-state index is 11.9. The molecule has 0 saturated carbocycles. The number of amides is 1. The summed E-state index contributed by atoms with van der Waals surface area (Å²) in [6.07, 6.45) is 6.54. The number of benzene rings is 1. The smallest absolute Gasteiger partial charge is 0.223 e. The summed E-state index contributed by atoms with van der Waals surface area (Å²) in [7, 11) is 0. The van der Waals surface area contributed by atoms with Gasteiger partial charge in [-0.1, -0.05) is 30.2 Å². The van der Waals surface area contributed by atoms with Gasteiger partial charge in [-0.25, -0.2) is 0 Å². The molecule has 2 heteroatoms. The molecule has 90 valence electrons. The van der Waals surface area contributed by atoms with Crippen LogP contribution in [0.5, 0.6) is 0 Å². The second-order valence-electron chi connectivity index (χ2n) is 4.04. The summed E-state index contributed by atoms with van der Waals surface area (Å²) < 4.78 is 0. The molecular weight excluding hydrogens is 210 g/mol. The van der Waals surface area contributed by atoms with Gasteiger partial charge >= 0.3 is 0 Å². The van der Waals surface area contributed by atoms with Crippen molar-refractivity contribution in [2.24, 2.45) is 0 Å². The first kappa shape index (κ1) is 13.3. The number of aryl methyl sites for hydroxylation is 2. The predicted octanol–water partition coefficient (Wildman–Crippen LogP) is 2.41. The Bertz CT molecular complexity index is 417. The van der Waals surface area contributed by atoms with Crippen LogP contribution in [0.4, 0.5) is 0 Å². The van der Waals surface area contributed by atoms with E-state index >= 15 is 0 Å². The molecule has 0 saturated heterocycles. The summed E-state index contributed by atoms with van der Waals surface area (Å²) in [5, 5.41) is 0. The fourth-order valence-electron chi connectivity index (χ4n) is 1.78. The van der Waals surface area contributed by atoms with Crippen molar-refractivity contribution < 1.29 is 4.79 Å². The van der Waals surface area contributed by atoms with Crippen LogP contribution in [0.3, 0.4) is 0 Å². The molecule has 0 aliphatic heterocycles. The van der Waals surface area contributed by atoms with E-state index in [-0.39, 0.29) is 5.91 Å². The van der Waals surface area contributed by atoms with Gasteiger partial charge in [-0.3, -0.25) is 4.79 Å². The molecular formula is C15H19NO. The second-order valence-corrected chi connectivity index (χ2v) is 4.04. The highest BCUT2D eigenvalue weighted by Crippen LogP contribution is 2.10. The lowest BCUT2D eigenvalue weighted by Crippen LogP contribution is -2.31. The van der Waals surface area contributed by atoms with Gasteiger partial charge in [0.1, 0.15) is 0 Å². The molecule has 0 aromatic heterocycles. The number of hydrogen-bond donors (Lipinski definition) is 0. The van der Waals surface area contributed by atoms with E-state index < -0.39 is 0 Å². The summed E-state index contributed by atoms with van der Waals surface area (Å²) in [6, 6.07) is 8.15. The molecule has 0 heterocycles. The summed E-state index contributed by atoms with van der Waals surface area (Å²) in [4.78, 5) is 13.6. The molecule has 0 atom stereocenters. The van der Waals surface area contributed by atoms with Gasteiger partial charge in [0.2, 0.25) is 5.91 Å². The van der Waals surface area contributed by atoms with Crippen LogP contribution in [0.2, 0.25) is 0 Å². The minimum absolute atomic E-state index is 0.133. The van der Waals surface area contributed by atoms with Crippen LogP contribution in [-0.2, 0) is 11.2 Å². The Morgan fingerprint density at radius 1 is 1.41 bits per heavy atom. The van der Waals surface area contributed by atoms with Gasteiger partial charge < -0.3 is 4.90 Å². The summed E-state index contributed by atoms with van der Waals surface area (Å²) in [5.41, 5.74) is 2.47. The maximum atomic E-state index is 11.9. The van der Waals surface area contributed by atoms with E-state index in [4.69, 9.17) is 6.42 Å². The highest BCUT2D eigenvalue weighted by molar-refractivity contribution is 5.76. The molecule has 0 bridgehead atoms. The molecule has 0 spiro atoms. The Hall–Kier alpha value is -1.75. The number of rotatable bonds is 5. The fraction of sp³-hybridized carbons (Fsp3) is 0.400. The van der Waals surface area contributed by atoms with E-state index in [2.05, 4.69) is 25.0 Å². The van der Waals surface area contributed by atoms with E-state index in [1.165, 1.54) is 11.1 Å². The number of carbonyl (C=O) groups is 1. The van der Waals surface area contributed by atoms with E-state index in [1.54, 1.807) is 4.90 Å². The molecule has 0 aliphatic rings. The van der Waals surface area contributed by atoms with Crippen molar-refractivity contribution in [3.05, 3.63) is 35.4 Å². The van der Waals surface area contributed by atoms with Crippen molar-refractivity contribution in [3.8, 4) is 12.3 Å². The zero-order chi connectivity index (χ0) is 12.7. The lowest BCUT2D eigenvalue weighted by Gasteiger charge is -2.18. The third-order valence-electron chi connectivity index (χ3n) is 2.89. The molecule has 0 aliphatic carbocycles. The SMILES string of the molecule is C#CCN(CC)C(=O)CCc1ccccc1C. The van der Waals surface area contributed by atoms with Crippen molar-refractivity contribution in [1.82, 2.24) is 4.90 Å². The average Bonchev–Trinajstić information content (AvgIpc) is 2.34. The molecule has 0 radical (unpaired) electrons. The minimum atomic E-state index is 0.133. The zero-order valence-electron chi connectivity index (χ0n) is 10.6. The molecule has 0 N–H and O–H groups in total. The summed E-state index contributed by atoms with van der Waals surface area (Å²) >= 11 is 0. The predicted molar refractivity (Wildman–Crippen MR) is 70.6 cm³/mol. The first-order valence-corrected chi connectivity index (χ1v) is 5.94. The van der Waals surface area contributed by atoms with Crippen LogP contribution in [-0.4, -0.2) is 23.9 Å². The van der Waals surface area contributed by atoms with Crippen molar-refractivity contribution in [3.63, 3.8) is 0 Å². The third-order valence-corrected chi connectivity index (χ3v) is 2.89. The van der Waals surface area contributed by atoms with Gasteiger partial charge in [-0.15, -0.1) is 6.42 Å². The Morgan fingerprint density at radius 2 is 2.12 bits per heavy atom. The van der Waals surface area contributed by atoms with Crippen LogP contribution >= 0.6 is 0 Å². The standard InChI is InChI=1S/C15H19NO/c1-4-12-16(5-2)15(17)11-10-14-9-7-6-8-13(14)3/h1,6-9H,5,10-12H2,2-3H3. The summed E-state index contributed by atoms with van der Waals surface area (Å²) in [6.45, 7) is 5.10. The van der Waals surface area contributed by atoms with Gasteiger partial charge in [-0.05, 0) is 31.4 Å². The van der Waals surface area contributed by atoms with Gasteiger partial charge in [0.05, 0.1) is 6.54 Å². The number of nitrogens with zero attached hydrogens (tertiary/aromatic N) is 1. The fourth-order valence-corrected chi connectivity index (χ4v) is 1.78. The lowest BCUT2D eigenvalue weighted by atomic mass is 10.0. The van der Waals surface area contributed by atoms with E-state index in [9.17, 15) is 4.79 Å². The topological polar surface area (TPSA) is 20.3 Å². The van der Waals surface area contributed by atoms with Crippen LogP contribution in [0.1, 0.15) is 24.5 Å². The highest BCUT2D eigenvalue weighted by atomic mass is 16.2. The number of carbonyl (C=O) groups excluding carboxylic acids is 1. The minimum Gasteiger partial charge on any atom is -0.332 e. The van der Waals surface area contributed by atoms with Crippen molar-refractivity contribution in [2.75, 3.05) is 13.1 Å². The summed E-state index contributed by atoms with van der Waals surface area (Å²) in [5.74, 6) is 2.65. The maximum Gasteiger partial charge on any atom is 0.223 e. The third kappa shape index (κ3) is 3.96. The monoisotopic (exact) mass is 229 g/mol. The van der Waals surface area contributed by atoms with Gasteiger partial charge in [0.25, 0.3) is 0 Å². The largest absolute Gasteiger partial charge is 0.332 e. The van der Waals surface area contributed by atoms with Crippen LogP contribution in [0, 0.1) is 19.3 Å². The Kier molecular flexibility index (Phi) is 5.29. The number of hydrogen-bond acceptors (Lipinski definition) is 1. The van der Waals surface area contributed by atoms with Crippen LogP contribution < -0.4 is 0 Å². The lowest BCUT2D eigenvalue weighted by molar-refractivity contribution is -0.130. The Labute approximate surface area is 104 Å². The van der Waals surface area contributed by atoms with E-state index in [0.717, 1.165) is 6.42 Å². The molecule has 2 nitrogen and oxygen atoms in total. The quantitative estimate of drug-likeness (QED) is 0.710. The van der Waals surface area contributed by atoms with Crippen molar-refractivity contribution in [2.45, 2.75) is 26.7 Å². The molecule has 1 rings (SSSR count). The molecule has 0 fully saturated rings. The van der Waals surface area contributed by atoms with E-state index in [0.29, 0.717) is 19.5 Å². The first-order chi connectivity index (χ1) is 8.19. The number of terminal acetylenes is 1. The van der Waals surface area contributed by atoms with Crippen molar-refractivity contribution >= 4 is 5.91 Å². The molecule has 1 aromatic carbocycles. The van der Waals surface area contributed by atoms with Gasteiger partial charge in [0, 0.05) is 13.0 Å². The van der Waals surface area contributed by atoms with Gasteiger partial charge in [-0.2, -0.15) is 0 Å². The van der Waals surface area contributed by atoms with Crippen LogP contribution in [0.25, 0.3) is 0 Å². The molecule has 17 heavy (non-hydrogen) atoms. The van der Waals surface area contributed by atoms with E-state index in [1.807, 2.05) is 19.1 Å². The molecule has 0 unspecified atom stereocenters. The Morgan fingerprint density at radius 3 is 2.71 bits per heavy atom. The zero-order valence-corrected chi connectivity index (χ0v) is 10.6. The van der Waals surface area contributed by atoms with Gasteiger partial charge in [0.15, 0.2) is 0 Å². The highest BCUT2D eigenvalue weighted by Gasteiger charge is 2.10. The van der Waals surface area contributed by atoms with Crippen LogP contribution in [0.15, 0.2) is 24.3 Å². The average molecular weight is 229 g/mol. The molecule has 1 aromatic rings. The normalized spacial score (nSPS) is 9.71. The first-order valence-electron chi connectivity index (χ1n) is 5.94. The molecule has 1 amide bonds.